The SMILES string of the molecule is COc1ccc(NC(=O)C2(N(Cc3ccccc3F)C(=O)Cc3ccccc3)CCCCC2)cc1. The average molecular weight is 475 g/mol. The molecule has 1 N–H and O–H groups in total. The molecule has 0 bridgehead atoms. The summed E-state index contributed by atoms with van der Waals surface area (Å²) in [4.78, 5) is 29.3. The molecule has 5 nitrogen and oxygen atoms in total. The molecule has 0 heterocycles. The van der Waals surface area contributed by atoms with Gasteiger partial charge in [-0.15, -0.1) is 0 Å². The summed E-state index contributed by atoms with van der Waals surface area (Å²) < 4.78 is 19.9. The van der Waals surface area contributed by atoms with Crippen LogP contribution >= 0.6 is 0 Å². The first kappa shape index (κ1) is 24.5. The quantitative estimate of drug-likeness (QED) is 0.452. The number of halogens is 1. The van der Waals surface area contributed by atoms with E-state index in [0.29, 0.717) is 29.8 Å². The average Bonchev–Trinajstić information content (AvgIpc) is 2.89. The minimum absolute atomic E-state index is 0.0361. The molecule has 4 rings (SSSR count). The van der Waals surface area contributed by atoms with Crippen LogP contribution in [0.4, 0.5) is 10.1 Å². The Morgan fingerprint density at radius 2 is 1.57 bits per heavy atom. The highest BCUT2D eigenvalue weighted by atomic mass is 19.1. The lowest BCUT2D eigenvalue weighted by Gasteiger charge is -2.45. The number of carbonyl (C=O) groups is 2. The molecular formula is C29H31FN2O3. The smallest absolute Gasteiger partial charge is 0.250 e. The normalized spacial score (nSPS) is 14.7. The third kappa shape index (κ3) is 5.70. The van der Waals surface area contributed by atoms with Crippen molar-refractivity contribution in [3.05, 3.63) is 95.8 Å². The molecule has 0 saturated heterocycles. The Hall–Kier alpha value is -3.67. The van der Waals surface area contributed by atoms with E-state index in [1.165, 1.54) is 6.07 Å². The number of hydrogen-bond donors (Lipinski definition) is 1. The second kappa shape index (κ2) is 11.2. The van der Waals surface area contributed by atoms with Gasteiger partial charge in [0.05, 0.1) is 13.5 Å². The zero-order valence-corrected chi connectivity index (χ0v) is 20.0. The molecule has 182 valence electrons. The number of nitrogens with one attached hydrogen (secondary N) is 1. The molecule has 1 aliphatic rings. The Bertz CT molecular complexity index is 1140. The van der Waals surface area contributed by atoms with Crippen LogP contribution in [0.2, 0.25) is 0 Å². The van der Waals surface area contributed by atoms with E-state index in [1.807, 2.05) is 30.3 Å². The summed E-state index contributed by atoms with van der Waals surface area (Å²) in [6, 6.07) is 23.0. The predicted octanol–water partition coefficient (Wildman–Crippen LogP) is 5.75. The maximum atomic E-state index is 14.7. The number of carbonyl (C=O) groups excluding carboxylic acids is 2. The second-order valence-electron chi connectivity index (χ2n) is 9.01. The Morgan fingerprint density at radius 3 is 2.23 bits per heavy atom. The highest BCUT2D eigenvalue weighted by Crippen LogP contribution is 2.37. The Labute approximate surface area is 205 Å². The van der Waals surface area contributed by atoms with Crippen LogP contribution in [0, 0.1) is 5.82 Å². The molecule has 0 aromatic heterocycles. The van der Waals surface area contributed by atoms with Crippen LogP contribution < -0.4 is 10.1 Å². The summed E-state index contributed by atoms with van der Waals surface area (Å²) in [5.41, 5.74) is 0.822. The summed E-state index contributed by atoms with van der Waals surface area (Å²) in [7, 11) is 1.59. The first-order valence-corrected chi connectivity index (χ1v) is 12.1. The van der Waals surface area contributed by atoms with E-state index in [1.54, 1.807) is 54.5 Å². The van der Waals surface area contributed by atoms with Gasteiger partial charge in [0.1, 0.15) is 17.1 Å². The standard InChI is InChI=1S/C29H31FN2O3/c1-35-25-16-14-24(15-17-25)31-28(34)29(18-8-3-9-19-29)32(21-23-12-6-7-13-26(23)30)27(33)20-22-10-4-2-5-11-22/h2,4-7,10-17H,3,8-9,18-21H2,1H3,(H,31,34). The van der Waals surface area contributed by atoms with Gasteiger partial charge in [0, 0.05) is 17.8 Å². The lowest BCUT2D eigenvalue weighted by molar-refractivity contribution is -0.148. The van der Waals surface area contributed by atoms with Gasteiger partial charge >= 0.3 is 0 Å². The molecule has 0 unspecified atom stereocenters. The number of rotatable bonds is 8. The fraction of sp³-hybridized carbons (Fsp3) is 0.310. The summed E-state index contributed by atoms with van der Waals surface area (Å²) >= 11 is 0. The van der Waals surface area contributed by atoms with Gasteiger partial charge in [-0.1, -0.05) is 67.8 Å². The number of anilines is 1. The fourth-order valence-electron chi connectivity index (χ4n) is 4.82. The number of benzene rings is 3. The molecule has 1 aliphatic carbocycles. The Morgan fingerprint density at radius 1 is 0.914 bits per heavy atom. The summed E-state index contributed by atoms with van der Waals surface area (Å²) in [5.74, 6) is -0.118. The number of methoxy groups -OCH3 is 1. The molecular weight excluding hydrogens is 443 g/mol. The van der Waals surface area contributed by atoms with Crippen molar-refractivity contribution in [3.63, 3.8) is 0 Å². The van der Waals surface area contributed by atoms with Crippen molar-refractivity contribution in [1.29, 1.82) is 0 Å². The number of hydrogen-bond acceptors (Lipinski definition) is 3. The summed E-state index contributed by atoms with van der Waals surface area (Å²) in [6.07, 6.45) is 3.85. The Kier molecular flexibility index (Phi) is 7.80. The molecule has 2 amide bonds. The zero-order chi connectivity index (χ0) is 24.7. The maximum absolute atomic E-state index is 14.7. The molecule has 0 atom stereocenters. The van der Waals surface area contributed by atoms with E-state index < -0.39 is 5.54 Å². The molecule has 3 aromatic carbocycles. The minimum atomic E-state index is -1.06. The van der Waals surface area contributed by atoms with Crippen LogP contribution in [0.15, 0.2) is 78.9 Å². The van der Waals surface area contributed by atoms with Crippen LogP contribution in [0.25, 0.3) is 0 Å². The van der Waals surface area contributed by atoms with Crippen molar-refractivity contribution in [2.24, 2.45) is 0 Å². The van der Waals surface area contributed by atoms with Gasteiger partial charge in [-0.05, 0) is 48.7 Å². The molecule has 3 aromatic rings. The van der Waals surface area contributed by atoms with Gasteiger partial charge in [-0.25, -0.2) is 4.39 Å². The number of amides is 2. The molecule has 6 heteroatoms. The van der Waals surface area contributed by atoms with Crippen molar-refractivity contribution < 1.29 is 18.7 Å². The van der Waals surface area contributed by atoms with Crippen LogP contribution in [-0.4, -0.2) is 29.4 Å². The lowest BCUT2D eigenvalue weighted by atomic mass is 9.78. The lowest BCUT2D eigenvalue weighted by Crippen LogP contribution is -2.60. The van der Waals surface area contributed by atoms with E-state index >= 15 is 0 Å². The molecule has 0 aliphatic heterocycles. The van der Waals surface area contributed by atoms with Crippen LogP contribution in [0.3, 0.4) is 0 Å². The van der Waals surface area contributed by atoms with Gasteiger partial charge in [-0.2, -0.15) is 0 Å². The van der Waals surface area contributed by atoms with Crippen LogP contribution in [0.5, 0.6) is 5.75 Å². The third-order valence-corrected chi connectivity index (χ3v) is 6.75. The van der Waals surface area contributed by atoms with Gasteiger partial charge in [-0.3, -0.25) is 9.59 Å². The molecule has 1 saturated carbocycles. The van der Waals surface area contributed by atoms with Crippen molar-refractivity contribution in [2.75, 3.05) is 12.4 Å². The Balaban J connectivity index is 1.69. The molecule has 1 fully saturated rings. The highest BCUT2D eigenvalue weighted by Gasteiger charge is 2.47. The van der Waals surface area contributed by atoms with Crippen molar-refractivity contribution in [1.82, 2.24) is 4.90 Å². The second-order valence-corrected chi connectivity index (χ2v) is 9.01. The number of ether oxygens (including phenoxy) is 1. The van der Waals surface area contributed by atoms with Gasteiger partial charge in [0.2, 0.25) is 11.8 Å². The van der Waals surface area contributed by atoms with Crippen molar-refractivity contribution in [2.45, 2.75) is 50.6 Å². The first-order valence-electron chi connectivity index (χ1n) is 12.1. The third-order valence-electron chi connectivity index (χ3n) is 6.75. The van der Waals surface area contributed by atoms with E-state index in [4.69, 9.17) is 4.74 Å². The molecule has 0 spiro atoms. The van der Waals surface area contributed by atoms with Crippen LogP contribution in [-0.2, 0) is 22.6 Å². The zero-order valence-electron chi connectivity index (χ0n) is 20.0. The highest BCUT2D eigenvalue weighted by molar-refractivity contribution is 6.01. The van der Waals surface area contributed by atoms with Gasteiger partial charge in [0.15, 0.2) is 0 Å². The minimum Gasteiger partial charge on any atom is -0.497 e. The van der Waals surface area contributed by atoms with E-state index in [2.05, 4.69) is 5.32 Å². The maximum Gasteiger partial charge on any atom is 0.250 e. The van der Waals surface area contributed by atoms with Gasteiger partial charge in [0.25, 0.3) is 0 Å². The van der Waals surface area contributed by atoms with E-state index in [-0.39, 0.29) is 30.6 Å². The topological polar surface area (TPSA) is 58.6 Å². The number of nitrogens with zero attached hydrogens (tertiary/aromatic N) is 1. The fourth-order valence-corrected chi connectivity index (χ4v) is 4.82. The van der Waals surface area contributed by atoms with E-state index in [9.17, 15) is 14.0 Å². The predicted molar refractivity (Wildman–Crippen MR) is 135 cm³/mol. The van der Waals surface area contributed by atoms with Crippen molar-refractivity contribution in [3.8, 4) is 5.75 Å². The van der Waals surface area contributed by atoms with E-state index in [0.717, 1.165) is 24.8 Å². The van der Waals surface area contributed by atoms with Crippen LogP contribution in [0.1, 0.15) is 43.2 Å². The van der Waals surface area contributed by atoms with Crippen molar-refractivity contribution >= 4 is 17.5 Å². The monoisotopic (exact) mass is 474 g/mol. The first-order chi connectivity index (χ1) is 17.0. The summed E-state index contributed by atoms with van der Waals surface area (Å²) in [6.45, 7) is 0.0361. The van der Waals surface area contributed by atoms with Gasteiger partial charge < -0.3 is 15.0 Å². The largest absolute Gasteiger partial charge is 0.497 e. The summed E-state index contributed by atoms with van der Waals surface area (Å²) in [5, 5.41) is 3.02. The molecule has 35 heavy (non-hydrogen) atoms. The molecule has 0 radical (unpaired) electrons.